The fourth-order valence-corrected chi connectivity index (χ4v) is 4.43. The van der Waals surface area contributed by atoms with Crippen LogP contribution in [0.3, 0.4) is 0 Å². The molecule has 0 bridgehead atoms. The van der Waals surface area contributed by atoms with Crippen molar-refractivity contribution >= 4 is 39.3 Å². The van der Waals surface area contributed by atoms with Crippen LogP contribution in [0.1, 0.15) is 30.5 Å². The van der Waals surface area contributed by atoms with Gasteiger partial charge in [-0.15, -0.1) is 0 Å². The fraction of sp³-hybridized carbons (Fsp3) is 0.350. The van der Waals surface area contributed by atoms with Gasteiger partial charge in [-0.05, 0) is 62.1 Å². The summed E-state index contributed by atoms with van der Waals surface area (Å²) < 4.78 is 28.0. The zero-order chi connectivity index (χ0) is 20.7. The van der Waals surface area contributed by atoms with Gasteiger partial charge in [-0.1, -0.05) is 41.4 Å². The summed E-state index contributed by atoms with van der Waals surface area (Å²) in [6.45, 7) is 3.73. The largest absolute Gasteiger partial charge is 0.348 e. The minimum atomic E-state index is -3.80. The van der Waals surface area contributed by atoms with E-state index in [4.69, 9.17) is 11.6 Å². The Morgan fingerprint density at radius 3 is 2.29 bits per heavy atom. The summed E-state index contributed by atoms with van der Waals surface area (Å²) in [7, 11) is -3.80. The summed E-state index contributed by atoms with van der Waals surface area (Å²) in [5.74, 6) is 0.302. The van der Waals surface area contributed by atoms with E-state index in [2.05, 4.69) is 10.0 Å². The van der Waals surface area contributed by atoms with Crippen molar-refractivity contribution in [3.63, 3.8) is 0 Å². The van der Waals surface area contributed by atoms with Crippen LogP contribution in [0.5, 0.6) is 0 Å². The first-order chi connectivity index (χ1) is 13.2. The number of nitrogens with one attached hydrogen (secondary N) is 2. The van der Waals surface area contributed by atoms with Crippen LogP contribution in [0.15, 0.2) is 53.4 Å². The molecule has 1 amide bonds. The quantitative estimate of drug-likeness (QED) is 0.619. The number of thioether (sulfide) groups is 1. The number of hydrogen-bond acceptors (Lipinski definition) is 4. The second-order valence-corrected chi connectivity index (χ2v) is 9.69. The van der Waals surface area contributed by atoms with Crippen LogP contribution in [-0.4, -0.2) is 32.4 Å². The second-order valence-electron chi connectivity index (χ2n) is 6.55. The third kappa shape index (κ3) is 6.51. The number of halogens is 1. The zero-order valence-corrected chi connectivity index (χ0v) is 18.5. The van der Waals surface area contributed by atoms with E-state index in [9.17, 15) is 13.2 Å². The van der Waals surface area contributed by atoms with E-state index in [0.717, 1.165) is 11.1 Å². The van der Waals surface area contributed by atoms with Gasteiger partial charge in [-0.2, -0.15) is 16.5 Å². The second kappa shape index (κ2) is 10.3. The van der Waals surface area contributed by atoms with Crippen molar-refractivity contribution in [2.75, 3.05) is 12.0 Å². The Morgan fingerprint density at radius 2 is 1.71 bits per heavy atom. The molecule has 2 unspecified atom stereocenters. The predicted octanol–water partition coefficient (Wildman–Crippen LogP) is 3.93. The highest BCUT2D eigenvalue weighted by Crippen LogP contribution is 2.17. The van der Waals surface area contributed by atoms with Crippen LogP contribution in [0.4, 0.5) is 0 Å². The molecular formula is C20H25ClN2O3S2. The van der Waals surface area contributed by atoms with Crippen molar-refractivity contribution in [2.24, 2.45) is 0 Å². The molecule has 2 atom stereocenters. The highest BCUT2D eigenvalue weighted by molar-refractivity contribution is 7.98. The van der Waals surface area contributed by atoms with Crippen LogP contribution < -0.4 is 10.0 Å². The van der Waals surface area contributed by atoms with Crippen molar-refractivity contribution in [1.29, 1.82) is 0 Å². The van der Waals surface area contributed by atoms with Crippen molar-refractivity contribution in [3.8, 4) is 0 Å². The van der Waals surface area contributed by atoms with Gasteiger partial charge in [0.2, 0.25) is 15.9 Å². The van der Waals surface area contributed by atoms with E-state index < -0.39 is 16.1 Å². The molecule has 8 heteroatoms. The first kappa shape index (κ1) is 22.7. The smallest absolute Gasteiger partial charge is 0.241 e. The molecule has 0 saturated carbocycles. The molecule has 0 aromatic heterocycles. The lowest BCUT2D eigenvalue weighted by molar-refractivity contribution is -0.123. The number of carbonyl (C=O) groups excluding carboxylic acids is 1. The molecule has 0 saturated heterocycles. The van der Waals surface area contributed by atoms with Crippen molar-refractivity contribution in [2.45, 2.75) is 37.2 Å². The number of benzene rings is 2. The van der Waals surface area contributed by atoms with Gasteiger partial charge in [-0.3, -0.25) is 4.79 Å². The van der Waals surface area contributed by atoms with Gasteiger partial charge < -0.3 is 5.32 Å². The van der Waals surface area contributed by atoms with Gasteiger partial charge in [0, 0.05) is 5.02 Å². The SMILES string of the molecule is CSCCC(NS(=O)(=O)c1ccc(C)cc1)C(=O)NC(C)c1ccc(Cl)cc1. The Balaban J connectivity index is 2.13. The third-order valence-electron chi connectivity index (χ3n) is 4.28. The Labute approximate surface area is 176 Å². The van der Waals surface area contributed by atoms with Crippen molar-refractivity contribution < 1.29 is 13.2 Å². The van der Waals surface area contributed by atoms with E-state index in [-0.39, 0.29) is 16.8 Å². The third-order valence-corrected chi connectivity index (χ3v) is 6.67. The Kier molecular flexibility index (Phi) is 8.37. The van der Waals surface area contributed by atoms with Gasteiger partial charge >= 0.3 is 0 Å². The molecule has 0 spiro atoms. The molecular weight excluding hydrogens is 416 g/mol. The molecule has 0 fully saturated rings. The van der Waals surface area contributed by atoms with Crippen LogP contribution in [-0.2, 0) is 14.8 Å². The zero-order valence-electron chi connectivity index (χ0n) is 16.1. The number of aryl methyl sites for hydroxylation is 1. The molecule has 0 heterocycles. The Hall–Kier alpha value is -1.54. The molecule has 0 aliphatic rings. The summed E-state index contributed by atoms with van der Waals surface area (Å²) >= 11 is 7.46. The summed E-state index contributed by atoms with van der Waals surface area (Å²) in [6.07, 6.45) is 2.31. The van der Waals surface area contributed by atoms with Crippen molar-refractivity contribution in [1.82, 2.24) is 10.0 Å². The maximum Gasteiger partial charge on any atom is 0.241 e. The average Bonchev–Trinajstić information content (AvgIpc) is 2.65. The maximum atomic E-state index is 12.8. The summed E-state index contributed by atoms with van der Waals surface area (Å²) in [6, 6.07) is 12.6. The minimum Gasteiger partial charge on any atom is -0.348 e. The molecule has 2 N–H and O–H groups in total. The minimum absolute atomic E-state index is 0.144. The summed E-state index contributed by atoms with van der Waals surface area (Å²) in [5, 5.41) is 3.51. The average molecular weight is 441 g/mol. The number of rotatable bonds is 9. The lowest BCUT2D eigenvalue weighted by atomic mass is 10.1. The summed E-state index contributed by atoms with van der Waals surface area (Å²) in [4.78, 5) is 12.9. The number of hydrogen-bond donors (Lipinski definition) is 2. The Bertz CT molecular complexity index is 885. The monoisotopic (exact) mass is 440 g/mol. The van der Waals surface area contributed by atoms with E-state index in [0.29, 0.717) is 17.2 Å². The van der Waals surface area contributed by atoms with E-state index in [1.54, 1.807) is 36.0 Å². The normalized spacial score (nSPS) is 13.7. The molecule has 5 nitrogen and oxygen atoms in total. The topological polar surface area (TPSA) is 75.3 Å². The predicted molar refractivity (Wildman–Crippen MR) is 116 cm³/mol. The maximum absolute atomic E-state index is 12.8. The van der Waals surface area contributed by atoms with E-state index in [1.807, 2.05) is 32.2 Å². The molecule has 152 valence electrons. The van der Waals surface area contributed by atoms with Crippen LogP contribution in [0, 0.1) is 6.92 Å². The fourth-order valence-electron chi connectivity index (χ4n) is 2.60. The molecule has 2 aromatic rings. The molecule has 0 aliphatic heterocycles. The molecule has 0 radical (unpaired) electrons. The van der Waals surface area contributed by atoms with Gasteiger partial charge in [0.05, 0.1) is 10.9 Å². The highest BCUT2D eigenvalue weighted by atomic mass is 35.5. The number of carbonyl (C=O) groups is 1. The van der Waals surface area contributed by atoms with Gasteiger partial charge in [0.1, 0.15) is 6.04 Å². The molecule has 28 heavy (non-hydrogen) atoms. The van der Waals surface area contributed by atoms with E-state index >= 15 is 0 Å². The lowest BCUT2D eigenvalue weighted by Crippen LogP contribution is -2.47. The first-order valence-electron chi connectivity index (χ1n) is 8.86. The van der Waals surface area contributed by atoms with Crippen LogP contribution >= 0.6 is 23.4 Å². The molecule has 2 rings (SSSR count). The number of amides is 1. The van der Waals surface area contributed by atoms with Gasteiger partial charge in [0.25, 0.3) is 0 Å². The first-order valence-corrected chi connectivity index (χ1v) is 12.1. The van der Waals surface area contributed by atoms with Crippen molar-refractivity contribution in [3.05, 3.63) is 64.7 Å². The van der Waals surface area contributed by atoms with E-state index in [1.165, 1.54) is 12.1 Å². The Morgan fingerprint density at radius 1 is 1.11 bits per heavy atom. The lowest BCUT2D eigenvalue weighted by Gasteiger charge is -2.21. The van der Waals surface area contributed by atoms with Gasteiger partial charge in [-0.25, -0.2) is 8.42 Å². The van der Waals surface area contributed by atoms with Crippen LogP contribution in [0.2, 0.25) is 5.02 Å². The standard InChI is InChI=1S/C20H25ClN2O3S2/c1-14-4-10-18(11-5-14)28(25,26)23-19(12-13-27-3)20(24)22-15(2)16-6-8-17(21)9-7-16/h4-11,15,19,23H,12-13H2,1-3H3,(H,22,24). The van der Waals surface area contributed by atoms with Gasteiger partial charge in [0.15, 0.2) is 0 Å². The number of sulfonamides is 1. The van der Waals surface area contributed by atoms with Crippen LogP contribution in [0.25, 0.3) is 0 Å². The molecule has 2 aromatic carbocycles. The highest BCUT2D eigenvalue weighted by Gasteiger charge is 2.26. The summed E-state index contributed by atoms with van der Waals surface area (Å²) in [5.41, 5.74) is 1.86. The molecule has 0 aliphatic carbocycles.